The van der Waals surface area contributed by atoms with Gasteiger partial charge in [-0.15, -0.1) is 12.4 Å². The molecule has 2 fully saturated rings. The molecule has 0 aromatic heterocycles. The van der Waals surface area contributed by atoms with E-state index < -0.39 is 11.6 Å². The zero-order valence-corrected chi connectivity index (χ0v) is 11.7. The number of hydrogen-bond donors (Lipinski definition) is 2. The van der Waals surface area contributed by atoms with Crippen LogP contribution in [0, 0.1) is 23.0 Å². The number of benzene rings is 1. The number of amides is 1. The minimum absolute atomic E-state index is 0. The van der Waals surface area contributed by atoms with Crippen LogP contribution in [0.1, 0.15) is 19.3 Å². The lowest BCUT2D eigenvalue weighted by Crippen LogP contribution is -2.31. The topological polar surface area (TPSA) is 41.1 Å². The Bertz CT molecular complexity index is 518. The second kappa shape index (κ2) is 5.66. The summed E-state index contributed by atoms with van der Waals surface area (Å²) in [4.78, 5) is 12.1. The molecule has 0 bridgehead atoms. The Morgan fingerprint density at radius 2 is 1.95 bits per heavy atom. The average Bonchev–Trinajstić information content (AvgIpc) is 3.08. The highest BCUT2D eigenvalue weighted by molar-refractivity contribution is 5.95. The van der Waals surface area contributed by atoms with Crippen molar-refractivity contribution in [1.29, 1.82) is 0 Å². The number of hydrogen-bond acceptors (Lipinski definition) is 2. The minimum atomic E-state index is -0.940. The van der Waals surface area contributed by atoms with Gasteiger partial charge in [0.05, 0.1) is 0 Å². The van der Waals surface area contributed by atoms with Crippen LogP contribution in [0.4, 0.5) is 14.5 Å². The van der Waals surface area contributed by atoms with Crippen molar-refractivity contribution in [3.05, 3.63) is 29.8 Å². The van der Waals surface area contributed by atoms with Gasteiger partial charge >= 0.3 is 0 Å². The van der Waals surface area contributed by atoms with E-state index in [1.165, 1.54) is 6.07 Å². The van der Waals surface area contributed by atoms with Gasteiger partial charge in [0.1, 0.15) is 0 Å². The van der Waals surface area contributed by atoms with E-state index in [9.17, 15) is 13.6 Å². The Hall–Kier alpha value is -1.20. The highest BCUT2D eigenvalue weighted by atomic mass is 35.5. The summed E-state index contributed by atoms with van der Waals surface area (Å²) < 4.78 is 25.9. The molecular formula is C14H17ClF2N2O. The van der Waals surface area contributed by atoms with Gasteiger partial charge in [-0.05, 0) is 49.9 Å². The largest absolute Gasteiger partial charge is 0.326 e. The molecule has 3 nitrogen and oxygen atoms in total. The summed E-state index contributed by atoms with van der Waals surface area (Å²) in [6.45, 7) is 1.91. The summed E-state index contributed by atoms with van der Waals surface area (Å²) >= 11 is 0. The Labute approximate surface area is 122 Å². The molecule has 1 aromatic carbocycles. The van der Waals surface area contributed by atoms with Crippen molar-refractivity contribution in [2.75, 3.05) is 18.4 Å². The third-order valence-corrected chi connectivity index (χ3v) is 4.29. The van der Waals surface area contributed by atoms with E-state index >= 15 is 0 Å². The predicted octanol–water partition coefficient (Wildman–Crippen LogP) is 2.71. The molecule has 1 saturated carbocycles. The normalized spacial score (nSPS) is 23.0. The molecule has 6 heteroatoms. The molecule has 1 saturated heterocycles. The molecule has 1 aliphatic carbocycles. The van der Waals surface area contributed by atoms with Crippen LogP contribution in [0.5, 0.6) is 0 Å². The van der Waals surface area contributed by atoms with Crippen LogP contribution in [0.15, 0.2) is 18.2 Å². The van der Waals surface area contributed by atoms with Crippen molar-refractivity contribution in [2.45, 2.75) is 19.3 Å². The third-order valence-electron chi connectivity index (χ3n) is 4.29. The molecular weight excluding hydrogens is 286 g/mol. The number of halogens is 3. The van der Waals surface area contributed by atoms with Gasteiger partial charge in [-0.2, -0.15) is 0 Å². The van der Waals surface area contributed by atoms with Crippen LogP contribution in [-0.2, 0) is 4.79 Å². The van der Waals surface area contributed by atoms with E-state index in [2.05, 4.69) is 10.6 Å². The van der Waals surface area contributed by atoms with E-state index in [4.69, 9.17) is 0 Å². The maximum absolute atomic E-state index is 13.1. The van der Waals surface area contributed by atoms with Gasteiger partial charge in [0.2, 0.25) is 5.91 Å². The smallest absolute Gasteiger partial charge is 0.228 e. The summed E-state index contributed by atoms with van der Waals surface area (Å²) in [6.07, 6.45) is 2.94. The number of piperidine rings is 1. The first-order valence-corrected chi connectivity index (χ1v) is 6.57. The molecule has 1 aromatic rings. The van der Waals surface area contributed by atoms with Crippen LogP contribution in [0.2, 0.25) is 0 Å². The predicted molar refractivity (Wildman–Crippen MR) is 74.9 cm³/mol. The average molecular weight is 303 g/mol. The van der Waals surface area contributed by atoms with Crippen molar-refractivity contribution in [3.63, 3.8) is 0 Å². The second-order valence-corrected chi connectivity index (χ2v) is 5.49. The summed E-state index contributed by atoms with van der Waals surface area (Å²) in [7, 11) is 0. The lowest BCUT2D eigenvalue weighted by Gasteiger charge is -2.23. The molecule has 20 heavy (non-hydrogen) atoms. The first kappa shape index (κ1) is 15.2. The second-order valence-electron chi connectivity index (χ2n) is 5.49. The molecule has 2 aliphatic rings. The molecule has 2 N–H and O–H groups in total. The van der Waals surface area contributed by atoms with Gasteiger partial charge in [0.25, 0.3) is 0 Å². The molecule has 110 valence electrons. The van der Waals surface area contributed by atoms with Gasteiger partial charge in [-0.1, -0.05) is 0 Å². The van der Waals surface area contributed by atoms with Crippen LogP contribution >= 0.6 is 12.4 Å². The number of carbonyl (C=O) groups excluding carboxylic acids is 1. The SMILES string of the molecule is Cl.O=C(Nc1ccc(F)c(F)c1)C1CC12CCNCC2. The van der Waals surface area contributed by atoms with Crippen molar-refractivity contribution >= 4 is 24.0 Å². The lowest BCUT2D eigenvalue weighted by molar-refractivity contribution is -0.118. The van der Waals surface area contributed by atoms with Crippen LogP contribution in [-0.4, -0.2) is 19.0 Å². The van der Waals surface area contributed by atoms with Crippen LogP contribution < -0.4 is 10.6 Å². The number of nitrogens with one attached hydrogen (secondary N) is 2. The fourth-order valence-electron chi connectivity index (χ4n) is 3.00. The molecule has 1 atom stereocenters. The summed E-state index contributed by atoms with van der Waals surface area (Å²) in [5, 5.41) is 5.96. The van der Waals surface area contributed by atoms with Gasteiger partial charge in [-0.25, -0.2) is 8.78 Å². The van der Waals surface area contributed by atoms with Crippen LogP contribution in [0.3, 0.4) is 0 Å². The van der Waals surface area contributed by atoms with E-state index in [1.807, 2.05) is 0 Å². The van der Waals surface area contributed by atoms with E-state index in [0.29, 0.717) is 5.69 Å². The summed E-state index contributed by atoms with van der Waals surface area (Å²) in [5.74, 6) is -1.90. The maximum atomic E-state index is 13.1. The van der Waals surface area contributed by atoms with E-state index in [-0.39, 0.29) is 29.6 Å². The molecule has 1 aliphatic heterocycles. The van der Waals surface area contributed by atoms with Gasteiger partial charge in [0.15, 0.2) is 11.6 Å². The van der Waals surface area contributed by atoms with Gasteiger partial charge in [-0.3, -0.25) is 4.79 Å². The zero-order chi connectivity index (χ0) is 13.5. The quantitative estimate of drug-likeness (QED) is 0.882. The minimum Gasteiger partial charge on any atom is -0.326 e. The molecule has 1 unspecified atom stereocenters. The first-order valence-electron chi connectivity index (χ1n) is 6.57. The van der Waals surface area contributed by atoms with Crippen LogP contribution in [0.25, 0.3) is 0 Å². The van der Waals surface area contributed by atoms with E-state index in [0.717, 1.165) is 44.5 Å². The monoisotopic (exact) mass is 302 g/mol. The number of rotatable bonds is 2. The van der Waals surface area contributed by atoms with E-state index in [1.54, 1.807) is 0 Å². The summed E-state index contributed by atoms with van der Waals surface area (Å²) in [5.41, 5.74) is 0.466. The lowest BCUT2D eigenvalue weighted by atomic mass is 9.92. The summed E-state index contributed by atoms with van der Waals surface area (Å²) in [6, 6.07) is 3.43. The molecule has 1 amide bonds. The van der Waals surface area contributed by atoms with Crippen molar-refractivity contribution < 1.29 is 13.6 Å². The van der Waals surface area contributed by atoms with Gasteiger partial charge < -0.3 is 10.6 Å². The Balaban J connectivity index is 0.00000147. The number of anilines is 1. The Kier molecular flexibility index (Phi) is 4.30. The number of carbonyl (C=O) groups is 1. The third kappa shape index (κ3) is 2.79. The maximum Gasteiger partial charge on any atom is 0.228 e. The molecule has 3 rings (SSSR count). The van der Waals surface area contributed by atoms with Crippen molar-refractivity contribution in [3.8, 4) is 0 Å². The zero-order valence-electron chi connectivity index (χ0n) is 10.9. The Morgan fingerprint density at radius 1 is 1.25 bits per heavy atom. The fourth-order valence-corrected chi connectivity index (χ4v) is 3.00. The standard InChI is InChI=1S/C14H16F2N2O.ClH/c15-11-2-1-9(7-12(11)16)18-13(19)10-8-14(10)3-5-17-6-4-14;/h1-2,7,10,17H,3-6,8H2,(H,18,19);1H. The van der Waals surface area contributed by atoms with Gasteiger partial charge in [0, 0.05) is 17.7 Å². The molecule has 1 spiro atoms. The Morgan fingerprint density at radius 3 is 2.60 bits per heavy atom. The highest BCUT2D eigenvalue weighted by Crippen LogP contribution is 2.58. The fraction of sp³-hybridized carbons (Fsp3) is 0.500. The van der Waals surface area contributed by atoms with Crippen molar-refractivity contribution in [1.82, 2.24) is 5.32 Å². The first-order chi connectivity index (χ1) is 9.11. The molecule has 0 radical (unpaired) electrons. The highest BCUT2D eigenvalue weighted by Gasteiger charge is 2.57. The van der Waals surface area contributed by atoms with Crippen molar-refractivity contribution in [2.24, 2.45) is 11.3 Å². The molecule has 1 heterocycles.